The zero-order valence-electron chi connectivity index (χ0n) is 7.55. The molecular weight excluding hydrogens is 136 g/mol. The smallest absolute Gasteiger partial charge is 0.0609 e. The zero-order chi connectivity index (χ0) is 7.84. The van der Waals surface area contributed by atoms with Crippen LogP contribution in [0.15, 0.2) is 0 Å². The lowest BCUT2D eigenvalue weighted by Crippen LogP contribution is -2.27. The number of rotatable bonds is 0. The molecule has 0 unspecified atom stereocenters. The molecular formula is C10H18O. The lowest BCUT2D eigenvalue weighted by Gasteiger charge is -2.30. The van der Waals surface area contributed by atoms with E-state index in [4.69, 9.17) is 4.74 Å². The van der Waals surface area contributed by atoms with Crippen LogP contribution in [0.1, 0.15) is 33.1 Å². The van der Waals surface area contributed by atoms with Crippen LogP contribution >= 0.6 is 0 Å². The van der Waals surface area contributed by atoms with Crippen molar-refractivity contribution in [3.8, 4) is 0 Å². The summed E-state index contributed by atoms with van der Waals surface area (Å²) in [6.07, 6.45) is 4.77. The molecule has 0 radical (unpaired) electrons. The maximum atomic E-state index is 5.74. The van der Waals surface area contributed by atoms with E-state index in [0.29, 0.717) is 6.10 Å². The molecule has 1 aliphatic heterocycles. The molecule has 0 spiro atoms. The molecule has 11 heavy (non-hydrogen) atoms. The molecule has 1 heteroatoms. The van der Waals surface area contributed by atoms with Crippen molar-refractivity contribution in [3.05, 3.63) is 0 Å². The van der Waals surface area contributed by atoms with E-state index in [0.717, 1.165) is 24.4 Å². The Kier molecular flexibility index (Phi) is 1.92. The molecule has 0 aromatic heterocycles. The summed E-state index contributed by atoms with van der Waals surface area (Å²) in [4.78, 5) is 0. The van der Waals surface area contributed by atoms with Gasteiger partial charge in [-0.15, -0.1) is 0 Å². The van der Waals surface area contributed by atoms with Gasteiger partial charge in [0.1, 0.15) is 0 Å². The molecule has 0 aromatic carbocycles. The van der Waals surface area contributed by atoms with Crippen molar-refractivity contribution in [3.63, 3.8) is 0 Å². The maximum absolute atomic E-state index is 5.74. The minimum absolute atomic E-state index is 0.619. The molecule has 1 saturated heterocycles. The van der Waals surface area contributed by atoms with Gasteiger partial charge in [0.15, 0.2) is 0 Å². The molecule has 0 aromatic rings. The van der Waals surface area contributed by atoms with Gasteiger partial charge < -0.3 is 4.74 Å². The summed E-state index contributed by atoms with van der Waals surface area (Å²) in [5.41, 5.74) is 0. The van der Waals surface area contributed by atoms with Gasteiger partial charge in [-0.3, -0.25) is 0 Å². The first-order valence-corrected chi connectivity index (χ1v) is 4.89. The highest BCUT2D eigenvalue weighted by Gasteiger charge is 2.37. The lowest BCUT2D eigenvalue weighted by atomic mass is 9.77. The summed E-state index contributed by atoms with van der Waals surface area (Å²) < 4.78 is 5.74. The third kappa shape index (κ3) is 1.31. The molecule has 64 valence electrons. The molecule has 0 amide bonds. The molecule has 1 aliphatic carbocycles. The fourth-order valence-electron chi connectivity index (χ4n) is 2.59. The average Bonchev–Trinajstić information content (AvgIpc) is 2.32. The van der Waals surface area contributed by atoms with Crippen molar-refractivity contribution < 1.29 is 4.74 Å². The normalized spacial score (nSPS) is 50.7. The zero-order valence-corrected chi connectivity index (χ0v) is 7.55. The molecule has 2 fully saturated rings. The van der Waals surface area contributed by atoms with Crippen LogP contribution in [0.3, 0.4) is 0 Å². The van der Waals surface area contributed by atoms with Crippen LogP contribution in [0.2, 0.25) is 0 Å². The van der Waals surface area contributed by atoms with E-state index < -0.39 is 0 Å². The van der Waals surface area contributed by atoms with Gasteiger partial charge in [0.05, 0.1) is 6.10 Å². The largest absolute Gasteiger partial charge is 0.378 e. The Bertz CT molecular complexity index is 144. The van der Waals surface area contributed by atoms with Crippen LogP contribution in [-0.4, -0.2) is 12.7 Å². The molecule has 0 bridgehead atoms. The molecule has 2 rings (SSSR count). The summed E-state index contributed by atoms with van der Waals surface area (Å²) in [6.45, 7) is 5.70. The number of hydrogen-bond donors (Lipinski definition) is 0. The van der Waals surface area contributed by atoms with Gasteiger partial charge in [0.25, 0.3) is 0 Å². The van der Waals surface area contributed by atoms with E-state index in [-0.39, 0.29) is 0 Å². The van der Waals surface area contributed by atoms with Crippen molar-refractivity contribution in [2.45, 2.75) is 39.2 Å². The van der Waals surface area contributed by atoms with E-state index in [2.05, 4.69) is 13.8 Å². The van der Waals surface area contributed by atoms with Gasteiger partial charge in [0.2, 0.25) is 0 Å². The number of ether oxygens (including phenoxy) is 1. The molecule has 1 saturated carbocycles. The summed E-state index contributed by atoms with van der Waals surface area (Å²) in [5.74, 6) is 2.63. The topological polar surface area (TPSA) is 9.23 Å². The molecule has 0 N–H and O–H groups in total. The fraction of sp³-hybridized carbons (Fsp3) is 1.00. The Morgan fingerprint density at radius 2 is 2.00 bits per heavy atom. The SMILES string of the molecule is C[C@@H]1CC[C@@H]2[C@@H](C)CO[C@@H]2C1. The fourth-order valence-corrected chi connectivity index (χ4v) is 2.59. The minimum Gasteiger partial charge on any atom is -0.378 e. The summed E-state index contributed by atoms with van der Waals surface area (Å²) in [6, 6.07) is 0. The van der Waals surface area contributed by atoms with Gasteiger partial charge in [-0.05, 0) is 30.6 Å². The van der Waals surface area contributed by atoms with E-state index in [1.54, 1.807) is 0 Å². The Hall–Kier alpha value is -0.0400. The van der Waals surface area contributed by atoms with Crippen LogP contribution in [0.4, 0.5) is 0 Å². The predicted molar refractivity (Wildman–Crippen MR) is 45.4 cm³/mol. The summed E-state index contributed by atoms with van der Waals surface area (Å²) >= 11 is 0. The van der Waals surface area contributed by atoms with Crippen molar-refractivity contribution >= 4 is 0 Å². The van der Waals surface area contributed by atoms with Gasteiger partial charge in [-0.25, -0.2) is 0 Å². The van der Waals surface area contributed by atoms with Gasteiger partial charge in [-0.2, -0.15) is 0 Å². The van der Waals surface area contributed by atoms with Crippen LogP contribution in [0.5, 0.6) is 0 Å². The average molecular weight is 154 g/mol. The minimum atomic E-state index is 0.619. The lowest BCUT2D eigenvalue weighted by molar-refractivity contribution is 0.0494. The first-order chi connectivity index (χ1) is 5.27. The standard InChI is InChI=1S/C10H18O/c1-7-3-4-9-8(2)6-11-10(9)5-7/h7-10H,3-6H2,1-2H3/t7-,8+,9-,10-/m1/s1. The van der Waals surface area contributed by atoms with Crippen molar-refractivity contribution in [2.75, 3.05) is 6.61 Å². The Morgan fingerprint density at radius 1 is 1.18 bits per heavy atom. The van der Waals surface area contributed by atoms with Gasteiger partial charge in [-0.1, -0.05) is 20.3 Å². The second kappa shape index (κ2) is 2.78. The van der Waals surface area contributed by atoms with E-state index >= 15 is 0 Å². The van der Waals surface area contributed by atoms with Crippen LogP contribution < -0.4 is 0 Å². The predicted octanol–water partition coefficient (Wildman–Crippen LogP) is 2.46. The second-order valence-electron chi connectivity index (χ2n) is 4.43. The third-order valence-electron chi connectivity index (χ3n) is 3.41. The van der Waals surface area contributed by atoms with Crippen LogP contribution in [0, 0.1) is 17.8 Å². The quantitative estimate of drug-likeness (QED) is 0.521. The molecule has 1 nitrogen and oxygen atoms in total. The number of hydrogen-bond acceptors (Lipinski definition) is 1. The highest BCUT2D eigenvalue weighted by atomic mass is 16.5. The monoisotopic (exact) mass is 154 g/mol. The summed E-state index contributed by atoms with van der Waals surface area (Å²) in [7, 11) is 0. The highest BCUT2D eigenvalue weighted by Crippen LogP contribution is 2.39. The van der Waals surface area contributed by atoms with Crippen LogP contribution in [-0.2, 0) is 4.74 Å². The first-order valence-electron chi connectivity index (χ1n) is 4.89. The van der Waals surface area contributed by atoms with Crippen LogP contribution in [0.25, 0.3) is 0 Å². The maximum Gasteiger partial charge on any atom is 0.0609 e. The van der Waals surface area contributed by atoms with Crippen molar-refractivity contribution in [1.82, 2.24) is 0 Å². The Labute approximate surface area is 69.1 Å². The van der Waals surface area contributed by atoms with Crippen molar-refractivity contribution in [1.29, 1.82) is 0 Å². The highest BCUT2D eigenvalue weighted by molar-refractivity contribution is 4.86. The Balaban J connectivity index is 2.00. The summed E-state index contributed by atoms with van der Waals surface area (Å²) in [5, 5.41) is 0. The number of fused-ring (bicyclic) bond motifs is 1. The molecule has 1 heterocycles. The Morgan fingerprint density at radius 3 is 2.82 bits per heavy atom. The van der Waals surface area contributed by atoms with Crippen molar-refractivity contribution in [2.24, 2.45) is 17.8 Å². The molecule has 2 aliphatic rings. The van der Waals surface area contributed by atoms with E-state index in [9.17, 15) is 0 Å². The second-order valence-corrected chi connectivity index (χ2v) is 4.43. The molecule has 4 atom stereocenters. The van der Waals surface area contributed by atoms with Gasteiger partial charge >= 0.3 is 0 Å². The third-order valence-corrected chi connectivity index (χ3v) is 3.41. The first kappa shape index (κ1) is 7.60. The van der Waals surface area contributed by atoms with E-state index in [1.165, 1.54) is 19.3 Å². The van der Waals surface area contributed by atoms with E-state index in [1.807, 2.05) is 0 Å². The van der Waals surface area contributed by atoms with Gasteiger partial charge in [0, 0.05) is 6.61 Å².